The molecule has 6 nitrogen and oxygen atoms in total. The highest BCUT2D eigenvalue weighted by molar-refractivity contribution is 6.01. The standard InChI is InChI=1S/C25H32F3N3O3/c1-5-29(6-2)12-13-30(7-3)20-14-19-17-31(24(32)23(19)22(15-20)33-4)16-18-8-10-21(11-9-18)34-25(26,27)28/h8-11,14-15H,5-7,12-13,16-17H2,1-4H3. The summed E-state index contributed by atoms with van der Waals surface area (Å²) in [4.78, 5) is 19.4. The molecule has 3 rings (SSSR count). The number of amides is 1. The number of alkyl halides is 3. The Morgan fingerprint density at radius 2 is 1.68 bits per heavy atom. The number of fused-ring (bicyclic) bond motifs is 1. The molecule has 0 atom stereocenters. The van der Waals surface area contributed by atoms with Gasteiger partial charge in [0.1, 0.15) is 11.5 Å². The van der Waals surface area contributed by atoms with Crippen molar-refractivity contribution in [3.8, 4) is 11.5 Å². The number of hydrogen-bond donors (Lipinski definition) is 0. The number of methoxy groups -OCH3 is 1. The minimum Gasteiger partial charge on any atom is -0.496 e. The predicted octanol–water partition coefficient (Wildman–Crippen LogP) is 4.92. The minimum absolute atomic E-state index is 0.153. The third kappa shape index (κ3) is 6.14. The molecule has 1 heterocycles. The maximum atomic E-state index is 13.1. The van der Waals surface area contributed by atoms with E-state index in [-0.39, 0.29) is 18.2 Å². The molecule has 9 heteroatoms. The Labute approximate surface area is 198 Å². The number of hydrogen-bond acceptors (Lipinski definition) is 5. The van der Waals surface area contributed by atoms with Crippen molar-refractivity contribution in [3.63, 3.8) is 0 Å². The maximum absolute atomic E-state index is 13.1. The summed E-state index contributed by atoms with van der Waals surface area (Å²) < 4.78 is 46.7. The second kappa shape index (κ2) is 11.0. The Balaban J connectivity index is 1.76. The number of carbonyl (C=O) groups is 1. The van der Waals surface area contributed by atoms with Crippen LogP contribution in [0.1, 0.15) is 42.3 Å². The van der Waals surface area contributed by atoms with Crippen molar-refractivity contribution in [2.75, 3.05) is 44.7 Å². The molecular formula is C25H32F3N3O3. The van der Waals surface area contributed by atoms with Crippen molar-refractivity contribution in [1.29, 1.82) is 0 Å². The van der Waals surface area contributed by atoms with Gasteiger partial charge in [0.2, 0.25) is 0 Å². The van der Waals surface area contributed by atoms with Gasteiger partial charge in [-0.2, -0.15) is 0 Å². The van der Waals surface area contributed by atoms with Gasteiger partial charge in [0.05, 0.1) is 12.7 Å². The molecule has 0 saturated carbocycles. The second-order valence-corrected chi connectivity index (χ2v) is 8.14. The first kappa shape index (κ1) is 25.7. The molecule has 1 amide bonds. The van der Waals surface area contributed by atoms with E-state index in [9.17, 15) is 18.0 Å². The molecular weight excluding hydrogens is 447 g/mol. The van der Waals surface area contributed by atoms with Gasteiger partial charge in [-0.3, -0.25) is 4.79 Å². The van der Waals surface area contributed by atoms with Gasteiger partial charge in [-0.1, -0.05) is 26.0 Å². The fraction of sp³-hybridized carbons (Fsp3) is 0.480. The minimum atomic E-state index is -4.74. The first-order valence-electron chi connectivity index (χ1n) is 11.5. The number of benzene rings is 2. The van der Waals surface area contributed by atoms with Gasteiger partial charge in [-0.25, -0.2) is 0 Å². The summed E-state index contributed by atoms with van der Waals surface area (Å²) in [6.07, 6.45) is -4.74. The molecule has 1 aliphatic rings. The number of anilines is 1. The Bertz CT molecular complexity index is 976. The SMILES string of the molecule is CCN(CC)CCN(CC)c1cc2c(c(OC)c1)C(=O)N(Cc1ccc(OC(F)(F)F)cc1)C2. The van der Waals surface area contributed by atoms with Gasteiger partial charge in [0.15, 0.2) is 0 Å². The molecule has 0 aromatic heterocycles. The molecule has 0 spiro atoms. The zero-order valence-corrected chi connectivity index (χ0v) is 20.1. The largest absolute Gasteiger partial charge is 0.573 e. The lowest BCUT2D eigenvalue weighted by Crippen LogP contribution is -2.35. The summed E-state index contributed by atoms with van der Waals surface area (Å²) in [5.74, 6) is 0.0957. The van der Waals surface area contributed by atoms with Gasteiger partial charge in [0, 0.05) is 44.5 Å². The van der Waals surface area contributed by atoms with E-state index in [1.54, 1.807) is 12.0 Å². The Hall–Kier alpha value is -2.94. The zero-order valence-electron chi connectivity index (χ0n) is 20.1. The first-order chi connectivity index (χ1) is 16.2. The average molecular weight is 480 g/mol. The smallest absolute Gasteiger partial charge is 0.496 e. The van der Waals surface area contributed by atoms with E-state index >= 15 is 0 Å². The fourth-order valence-corrected chi connectivity index (χ4v) is 4.22. The van der Waals surface area contributed by atoms with E-state index in [4.69, 9.17) is 4.74 Å². The van der Waals surface area contributed by atoms with E-state index in [1.165, 1.54) is 24.3 Å². The number of rotatable bonds is 11. The Kier molecular flexibility index (Phi) is 8.30. The molecule has 0 N–H and O–H groups in total. The number of halogens is 3. The number of ether oxygens (including phenoxy) is 2. The Morgan fingerprint density at radius 3 is 2.24 bits per heavy atom. The quantitative estimate of drug-likeness (QED) is 0.458. The van der Waals surface area contributed by atoms with Crippen molar-refractivity contribution >= 4 is 11.6 Å². The van der Waals surface area contributed by atoms with Gasteiger partial charge < -0.3 is 24.2 Å². The van der Waals surface area contributed by atoms with Crippen LogP contribution in [0.5, 0.6) is 11.5 Å². The molecule has 0 bridgehead atoms. The average Bonchev–Trinajstić information content (AvgIpc) is 3.11. The van der Waals surface area contributed by atoms with E-state index in [1.807, 2.05) is 12.1 Å². The van der Waals surface area contributed by atoms with Crippen LogP contribution < -0.4 is 14.4 Å². The summed E-state index contributed by atoms with van der Waals surface area (Å²) >= 11 is 0. The predicted molar refractivity (Wildman–Crippen MR) is 125 cm³/mol. The van der Waals surface area contributed by atoms with Crippen molar-refractivity contribution in [2.45, 2.75) is 40.2 Å². The van der Waals surface area contributed by atoms with Crippen LogP contribution in [-0.2, 0) is 13.1 Å². The lowest BCUT2D eigenvalue weighted by atomic mass is 10.1. The van der Waals surface area contributed by atoms with Crippen LogP contribution >= 0.6 is 0 Å². The van der Waals surface area contributed by atoms with E-state index in [0.29, 0.717) is 23.4 Å². The third-order valence-corrected chi connectivity index (χ3v) is 6.11. The topological polar surface area (TPSA) is 45.2 Å². The van der Waals surface area contributed by atoms with E-state index in [2.05, 4.69) is 35.3 Å². The molecule has 1 aliphatic heterocycles. The van der Waals surface area contributed by atoms with E-state index in [0.717, 1.165) is 44.0 Å². The highest BCUT2D eigenvalue weighted by Crippen LogP contribution is 2.36. The van der Waals surface area contributed by atoms with Crippen LogP contribution in [0.3, 0.4) is 0 Å². The van der Waals surface area contributed by atoms with Crippen LogP contribution in [0.4, 0.5) is 18.9 Å². The van der Waals surface area contributed by atoms with E-state index < -0.39 is 6.36 Å². The summed E-state index contributed by atoms with van der Waals surface area (Å²) in [5, 5.41) is 0. The number of likely N-dealkylation sites (N-methyl/N-ethyl adjacent to an activating group) is 2. The van der Waals surface area contributed by atoms with Gasteiger partial charge in [-0.15, -0.1) is 13.2 Å². The zero-order chi connectivity index (χ0) is 24.9. The molecule has 34 heavy (non-hydrogen) atoms. The monoisotopic (exact) mass is 479 g/mol. The van der Waals surface area contributed by atoms with Crippen molar-refractivity contribution in [3.05, 3.63) is 53.1 Å². The second-order valence-electron chi connectivity index (χ2n) is 8.14. The normalized spacial score (nSPS) is 13.4. The summed E-state index contributed by atoms with van der Waals surface area (Å²) in [7, 11) is 1.56. The van der Waals surface area contributed by atoms with Crippen LogP contribution in [0.25, 0.3) is 0 Å². The first-order valence-corrected chi connectivity index (χ1v) is 11.5. The van der Waals surface area contributed by atoms with Gasteiger partial charge in [-0.05, 0) is 49.3 Å². The molecule has 0 aliphatic carbocycles. The Morgan fingerprint density at radius 1 is 1.00 bits per heavy atom. The molecule has 0 radical (unpaired) electrons. The van der Waals surface area contributed by atoms with Crippen LogP contribution in [0, 0.1) is 0 Å². The van der Waals surface area contributed by atoms with Crippen LogP contribution in [-0.4, -0.2) is 61.9 Å². The fourth-order valence-electron chi connectivity index (χ4n) is 4.22. The number of carbonyl (C=O) groups excluding carboxylic acids is 1. The van der Waals surface area contributed by atoms with Crippen molar-refractivity contribution in [2.24, 2.45) is 0 Å². The molecule has 0 saturated heterocycles. The highest BCUT2D eigenvalue weighted by atomic mass is 19.4. The molecule has 0 unspecified atom stereocenters. The van der Waals surface area contributed by atoms with Crippen LogP contribution in [0.15, 0.2) is 36.4 Å². The van der Waals surface area contributed by atoms with Gasteiger partial charge >= 0.3 is 6.36 Å². The van der Waals surface area contributed by atoms with Crippen molar-refractivity contribution < 1.29 is 27.4 Å². The van der Waals surface area contributed by atoms with Crippen molar-refractivity contribution in [1.82, 2.24) is 9.80 Å². The lowest BCUT2D eigenvalue weighted by Gasteiger charge is -2.27. The van der Waals surface area contributed by atoms with Gasteiger partial charge in [0.25, 0.3) is 5.91 Å². The molecule has 186 valence electrons. The highest BCUT2D eigenvalue weighted by Gasteiger charge is 2.33. The maximum Gasteiger partial charge on any atom is 0.573 e. The third-order valence-electron chi connectivity index (χ3n) is 6.11. The lowest BCUT2D eigenvalue weighted by molar-refractivity contribution is -0.274. The van der Waals surface area contributed by atoms with Crippen LogP contribution in [0.2, 0.25) is 0 Å². The summed E-state index contributed by atoms with van der Waals surface area (Å²) in [6, 6.07) is 9.53. The molecule has 0 fully saturated rings. The summed E-state index contributed by atoms with van der Waals surface area (Å²) in [5.41, 5.74) is 3.15. The summed E-state index contributed by atoms with van der Waals surface area (Å²) in [6.45, 7) is 11.7. The number of nitrogens with zero attached hydrogens (tertiary/aromatic N) is 3. The molecule has 2 aromatic carbocycles. The molecule has 2 aromatic rings.